The lowest BCUT2D eigenvalue weighted by molar-refractivity contribution is 0.0915. The smallest absolute Gasteiger partial charge is 0.417 e. The van der Waals surface area contributed by atoms with Crippen LogP contribution in [0.2, 0.25) is 0 Å². The Morgan fingerprint density at radius 1 is 1.02 bits per heavy atom. The average molecular weight is 587 g/mol. The number of nitrogens with zero attached hydrogens (tertiary/aromatic N) is 4. The Morgan fingerprint density at radius 3 is 2.38 bits per heavy atom. The Labute approximate surface area is 248 Å². The van der Waals surface area contributed by atoms with E-state index < -0.39 is 11.6 Å². The van der Waals surface area contributed by atoms with Gasteiger partial charge in [-0.3, -0.25) is 14.5 Å². The topological polar surface area (TPSA) is 109 Å². The second-order valence-corrected chi connectivity index (χ2v) is 11.8. The molecule has 4 aromatic rings. The number of benzene rings is 2. The summed E-state index contributed by atoms with van der Waals surface area (Å²) < 4.78 is 5.96. The van der Waals surface area contributed by atoms with Crippen molar-refractivity contribution < 1.29 is 19.1 Å². The molecule has 0 spiro atoms. The zero-order valence-electron chi connectivity index (χ0n) is 23.9. The lowest BCUT2D eigenvalue weighted by atomic mass is 9.94. The molecule has 2 aromatic heterocycles. The van der Waals surface area contributed by atoms with Gasteiger partial charge in [-0.1, -0.05) is 49.0 Å². The monoisotopic (exact) mass is 586 g/mol. The molecule has 5 rings (SSSR count). The highest BCUT2D eigenvalue weighted by atomic mass is 32.1. The van der Waals surface area contributed by atoms with Crippen molar-refractivity contribution in [3.63, 3.8) is 0 Å². The first-order chi connectivity index (χ1) is 20.1. The number of anilines is 1. The number of carbonyl (C=O) groups excluding carboxylic acids is 3. The maximum Gasteiger partial charge on any atom is 0.440 e. The number of fused-ring (bicyclic) bond motifs is 1. The van der Waals surface area contributed by atoms with E-state index in [1.54, 1.807) is 18.2 Å². The number of hydrogen-bond donors (Lipinski definition) is 2. The van der Waals surface area contributed by atoms with E-state index in [9.17, 15) is 14.4 Å². The van der Waals surface area contributed by atoms with E-state index in [1.165, 1.54) is 0 Å². The van der Waals surface area contributed by atoms with Crippen molar-refractivity contribution in [1.82, 2.24) is 24.9 Å². The van der Waals surface area contributed by atoms with Crippen LogP contribution in [-0.4, -0.2) is 70.7 Å². The second kappa shape index (κ2) is 12.3. The summed E-state index contributed by atoms with van der Waals surface area (Å²) in [6.45, 7) is 12.2. The molecular weight excluding hydrogens is 552 g/mol. The Kier molecular flexibility index (Phi) is 8.53. The SMILES string of the molecule is C=COC(=O)n1nc(NC(=O)c2ccc(CN3CCN(C)CC3)cc2)c2cc(C(=O)NC(C)(C)c3ccccc3)sc21. The predicted octanol–water partition coefficient (Wildman–Crippen LogP) is 4.89. The fraction of sp³-hybridized carbons (Fsp3) is 0.290. The Hall–Kier alpha value is -4.32. The van der Waals surface area contributed by atoms with Gasteiger partial charge in [0, 0.05) is 38.3 Å². The van der Waals surface area contributed by atoms with Crippen molar-refractivity contribution in [2.24, 2.45) is 0 Å². The Morgan fingerprint density at radius 2 is 1.71 bits per heavy atom. The molecule has 0 atom stereocenters. The van der Waals surface area contributed by atoms with Crippen LogP contribution in [-0.2, 0) is 16.8 Å². The molecule has 3 heterocycles. The molecule has 1 fully saturated rings. The van der Waals surface area contributed by atoms with Gasteiger partial charge in [-0.05, 0) is 50.2 Å². The van der Waals surface area contributed by atoms with E-state index in [2.05, 4.69) is 39.2 Å². The minimum absolute atomic E-state index is 0.148. The van der Waals surface area contributed by atoms with Crippen LogP contribution in [0.3, 0.4) is 0 Å². The summed E-state index contributed by atoms with van der Waals surface area (Å²) in [5.74, 6) is -0.552. The van der Waals surface area contributed by atoms with Crippen molar-refractivity contribution in [3.05, 3.63) is 95.1 Å². The molecule has 11 heteroatoms. The van der Waals surface area contributed by atoms with E-state index in [0.29, 0.717) is 20.7 Å². The minimum atomic E-state index is -0.804. The van der Waals surface area contributed by atoms with Crippen molar-refractivity contribution in [2.45, 2.75) is 25.9 Å². The summed E-state index contributed by atoms with van der Waals surface area (Å²) in [5, 5.41) is 10.6. The highest BCUT2D eigenvalue weighted by Gasteiger charge is 2.27. The summed E-state index contributed by atoms with van der Waals surface area (Å²) in [7, 11) is 2.13. The number of amides is 2. The van der Waals surface area contributed by atoms with Gasteiger partial charge in [-0.25, -0.2) is 4.79 Å². The van der Waals surface area contributed by atoms with E-state index in [-0.39, 0.29) is 17.6 Å². The molecule has 0 unspecified atom stereocenters. The van der Waals surface area contributed by atoms with Crippen LogP contribution < -0.4 is 10.6 Å². The molecule has 0 bridgehead atoms. The largest absolute Gasteiger partial charge is 0.440 e. The Balaban J connectivity index is 1.35. The van der Waals surface area contributed by atoms with Crippen LogP contribution in [0.15, 0.2) is 73.5 Å². The maximum absolute atomic E-state index is 13.3. The fourth-order valence-electron chi connectivity index (χ4n) is 4.83. The summed E-state index contributed by atoms with van der Waals surface area (Å²) >= 11 is 1.08. The number of likely N-dealkylation sites (N-methyl/N-ethyl adjacent to an activating group) is 1. The Bertz CT molecular complexity index is 1600. The quantitative estimate of drug-likeness (QED) is 0.283. The van der Waals surface area contributed by atoms with Gasteiger partial charge in [-0.2, -0.15) is 4.68 Å². The minimum Gasteiger partial charge on any atom is -0.417 e. The molecule has 2 N–H and O–H groups in total. The standard InChI is InChI=1S/C31H34N6O4S/c1-5-41-30(40)37-29-24(19-25(42-29)28(39)33-31(2,3)23-9-7-6-8-10-23)26(34-37)32-27(38)22-13-11-21(12-14-22)20-36-17-15-35(4)16-18-36/h5-14,19H,1,15-18,20H2,2-4H3,(H,33,39)(H,32,34,38). The molecule has 2 aromatic carbocycles. The zero-order valence-corrected chi connectivity index (χ0v) is 24.7. The predicted molar refractivity (Wildman–Crippen MR) is 164 cm³/mol. The highest BCUT2D eigenvalue weighted by molar-refractivity contribution is 7.20. The van der Waals surface area contributed by atoms with Gasteiger partial charge in [0.1, 0.15) is 4.83 Å². The van der Waals surface area contributed by atoms with Gasteiger partial charge in [0.05, 0.1) is 22.1 Å². The number of aromatic nitrogens is 2. The number of ether oxygens (including phenoxy) is 1. The van der Waals surface area contributed by atoms with Crippen LogP contribution in [0, 0.1) is 0 Å². The van der Waals surface area contributed by atoms with Gasteiger partial charge in [0.25, 0.3) is 11.8 Å². The first kappa shape index (κ1) is 29.2. The van der Waals surface area contributed by atoms with Gasteiger partial charge in [-0.15, -0.1) is 16.4 Å². The van der Waals surface area contributed by atoms with Crippen LogP contribution >= 0.6 is 11.3 Å². The summed E-state index contributed by atoms with van der Waals surface area (Å²) in [4.78, 5) is 44.6. The normalized spacial score (nSPS) is 14.5. The van der Waals surface area contributed by atoms with Crippen molar-refractivity contribution in [3.8, 4) is 0 Å². The number of hydrogen-bond acceptors (Lipinski definition) is 8. The van der Waals surface area contributed by atoms with Gasteiger partial charge >= 0.3 is 6.09 Å². The number of rotatable bonds is 8. The van der Waals surface area contributed by atoms with Crippen molar-refractivity contribution in [1.29, 1.82) is 0 Å². The molecule has 10 nitrogen and oxygen atoms in total. The first-order valence-corrected chi connectivity index (χ1v) is 14.5. The van der Waals surface area contributed by atoms with Gasteiger partial charge < -0.3 is 20.3 Å². The lowest BCUT2D eigenvalue weighted by Gasteiger charge is -2.32. The third-order valence-corrected chi connectivity index (χ3v) is 8.42. The number of nitrogens with one attached hydrogen (secondary N) is 2. The van der Waals surface area contributed by atoms with Crippen LogP contribution in [0.25, 0.3) is 10.2 Å². The molecule has 1 saturated heterocycles. The van der Waals surface area contributed by atoms with Crippen molar-refractivity contribution >= 4 is 45.3 Å². The van der Waals surface area contributed by atoms with Gasteiger partial charge in [0.2, 0.25) is 0 Å². The van der Waals surface area contributed by atoms with Crippen LogP contribution in [0.1, 0.15) is 45.0 Å². The van der Waals surface area contributed by atoms with Crippen LogP contribution in [0.4, 0.5) is 10.6 Å². The molecule has 0 radical (unpaired) electrons. The molecule has 1 aliphatic rings. The highest BCUT2D eigenvalue weighted by Crippen LogP contribution is 2.33. The van der Waals surface area contributed by atoms with E-state index in [0.717, 1.165) is 66.1 Å². The first-order valence-electron chi connectivity index (χ1n) is 13.7. The fourth-order valence-corrected chi connectivity index (χ4v) is 5.83. The molecule has 218 valence electrons. The van der Waals surface area contributed by atoms with E-state index >= 15 is 0 Å². The third kappa shape index (κ3) is 6.43. The summed E-state index contributed by atoms with van der Waals surface area (Å²) in [5.41, 5.74) is 1.88. The van der Waals surface area contributed by atoms with Crippen LogP contribution in [0.5, 0.6) is 0 Å². The van der Waals surface area contributed by atoms with E-state index in [4.69, 9.17) is 4.74 Å². The zero-order chi connectivity index (χ0) is 29.9. The number of thiophene rings is 1. The number of piperazine rings is 1. The summed E-state index contributed by atoms with van der Waals surface area (Å²) in [6.07, 6.45) is 0.198. The summed E-state index contributed by atoms with van der Waals surface area (Å²) in [6, 6.07) is 18.7. The third-order valence-electron chi connectivity index (χ3n) is 7.31. The second-order valence-electron chi connectivity index (χ2n) is 10.8. The molecule has 1 aliphatic heterocycles. The lowest BCUT2D eigenvalue weighted by Crippen LogP contribution is -2.43. The molecule has 0 saturated carbocycles. The van der Waals surface area contributed by atoms with Crippen molar-refractivity contribution in [2.75, 3.05) is 38.5 Å². The average Bonchev–Trinajstić information content (AvgIpc) is 3.56. The van der Waals surface area contributed by atoms with E-state index in [1.807, 2.05) is 56.3 Å². The molecule has 2 amide bonds. The number of carbonyl (C=O) groups is 3. The molecular formula is C31H34N6O4S. The molecule has 0 aliphatic carbocycles. The maximum atomic E-state index is 13.3. The molecule has 42 heavy (non-hydrogen) atoms. The van der Waals surface area contributed by atoms with Gasteiger partial charge in [0.15, 0.2) is 5.82 Å².